The number of nitrogens with one attached hydrogen (secondary N) is 1. The number of carbonyl (C=O) groups is 1. The van der Waals surface area contributed by atoms with Gasteiger partial charge in [-0.05, 0) is 142 Å². The number of benzene rings is 2. The number of aryl methyl sites for hydroxylation is 1. The largest absolute Gasteiger partial charge is 0.493 e. The molecule has 4 aliphatic rings. The summed E-state index contributed by atoms with van der Waals surface area (Å²) < 4.78 is 19.7. The summed E-state index contributed by atoms with van der Waals surface area (Å²) in [5.41, 5.74) is 5.44. The van der Waals surface area contributed by atoms with Crippen molar-refractivity contribution in [2.24, 2.45) is 17.8 Å². The molecule has 8 rings (SSSR count). The van der Waals surface area contributed by atoms with Crippen molar-refractivity contribution in [3.8, 4) is 17.2 Å². The highest BCUT2D eigenvalue weighted by Gasteiger charge is 2.54. The molecule has 1 spiro atoms. The molecule has 0 bridgehead atoms. The lowest BCUT2D eigenvalue weighted by atomic mass is 9.59. The van der Waals surface area contributed by atoms with Crippen LogP contribution in [0.3, 0.4) is 0 Å². The summed E-state index contributed by atoms with van der Waals surface area (Å²) >= 11 is 6.32. The van der Waals surface area contributed by atoms with Gasteiger partial charge in [-0.2, -0.15) is 0 Å². The molecule has 3 aliphatic carbocycles. The fraction of sp³-hybridized carbons (Fsp3) is 0.511. The van der Waals surface area contributed by atoms with E-state index in [0.717, 1.165) is 80.2 Å². The Hall–Kier alpha value is -4.41. The Morgan fingerprint density at radius 3 is 2.62 bits per heavy atom. The monoisotopic (exact) mass is 779 g/mol. The van der Waals surface area contributed by atoms with Gasteiger partial charge in [-0.3, -0.25) is 4.98 Å². The highest BCUT2D eigenvalue weighted by atomic mass is 35.5. The molecule has 10 nitrogen and oxygen atoms in total. The predicted molar refractivity (Wildman–Crippen MR) is 217 cm³/mol. The lowest BCUT2D eigenvalue weighted by Gasteiger charge is -2.47. The Bertz CT molecular complexity index is 2020. The van der Waals surface area contributed by atoms with E-state index in [4.69, 9.17) is 25.8 Å². The van der Waals surface area contributed by atoms with Gasteiger partial charge in [0, 0.05) is 53.4 Å². The number of anilines is 1. The molecule has 11 heteroatoms. The van der Waals surface area contributed by atoms with Crippen molar-refractivity contribution in [2.75, 3.05) is 38.7 Å². The van der Waals surface area contributed by atoms with Crippen LogP contribution < -0.4 is 19.5 Å². The molecular formula is C45H54ClN5O5. The van der Waals surface area contributed by atoms with Crippen LogP contribution in [0.25, 0.3) is 0 Å². The molecule has 2 aromatic carbocycles. The lowest BCUT2D eigenvalue weighted by molar-refractivity contribution is -0.144. The van der Waals surface area contributed by atoms with Crippen molar-refractivity contribution in [3.05, 3.63) is 100 Å². The first kappa shape index (κ1) is 38.5. The first-order valence-corrected chi connectivity index (χ1v) is 20.7. The molecule has 1 fully saturated rings. The van der Waals surface area contributed by atoms with Gasteiger partial charge in [0.1, 0.15) is 17.6 Å². The van der Waals surface area contributed by atoms with Crippen LogP contribution in [0.1, 0.15) is 92.8 Å². The van der Waals surface area contributed by atoms with Gasteiger partial charge in [-0.1, -0.05) is 31.5 Å². The van der Waals surface area contributed by atoms with Gasteiger partial charge < -0.3 is 29.5 Å². The molecule has 1 aliphatic heterocycles. The minimum absolute atomic E-state index is 0.184. The number of rotatable bonds is 12. The summed E-state index contributed by atoms with van der Waals surface area (Å²) in [4.78, 5) is 28.4. The Labute approximate surface area is 335 Å². The summed E-state index contributed by atoms with van der Waals surface area (Å²) in [5, 5.41) is 14.7. The minimum Gasteiger partial charge on any atom is -0.493 e. The van der Waals surface area contributed by atoms with Crippen LogP contribution in [-0.4, -0.2) is 69.9 Å². The fourth-order valence-electron chi connectivity index (χ4n) is 10.1. The van der Waals surface area contributed by atoms with Gasteiger partial charge in [-0.15, -0.1) is 0 Å². The zero-order valence-corrected chi connectivity index (χ0v) is 33.6. The highest BCUT2D eigenvalue weighted by Crippen LogP contribution is 2.58. The number of pyridine rings is 1. The maximum absolute atomic E-state index is 13.1. The number of hydrogen-bond donors (Lipinski definition) is 2. The topological polar surface area (TPSA) is 119 Å². The van der Waals surface area contributed by atoms with E-state index in [1.165, 1.54) is 28.8 Å². The van der Waals surface area contributed by atoms with E-state index in [1.54, 1.807) is 24.7 Å². The van der Waals surface area contributed by atoms with E-state index in [1.807, 2.05) is 30.5 Å². The molecule has 0 radical (unpaired) electrons. The molecule has 296 valence electrons. The summed E-state index contributed by atoms with van der Waals surface area (Å²) in [7, 11) is 2.09. The zero-order valence-electron chi connectivity index (χ0n) is 32.8. The standard InChI is InChI=1S/C45H54ClN5O5/c1-29(25-54-39-11-17-48-38-9-4-6-30(2)42(38)39)18-33-19-32-20-40-41(56-27-31(26-55-40)23-51(3)24-36-10-16-47-28-49-36)22-37(32)44(33)12-14-45(15-13-44,43(52)53)50-35-8-5-7-34(46)21-35/h5,7-8,10-11,16-17,20-22,28-31,33,50H,4,6,9,12-15,18-19,23-27H2,1-3H3,(H,52,53)/t29-,30-,31?,33+,44?,45?/m1/s1. The Balaban J connectivity index is 1.02. The van der Waals surface area contributed by atoms with Crippen molar-refractivity contribution in [1.82, 2.24) is 19.9 Å². The van der Waals surface area contributed by atoms with Gasteiger partial charge >= 0.3 is 5.97 Å². The van der Waals surface area contributed by atoms with Crippen molar-refractivity contribution in [3.63, 3.8) is 0 Å². The lowest BCUT2D eigenvalue weighted by Crippen LogP contribution is -2.53. The molecular weight excluding hydrogens is 726 g/mol. The Morgan fingerprint density at radius 2 is 1.88 bits per heavy atom. The molecule has 1 saturated carbocycles. The first-order valence-electron chi connectivity index (χ1n) is 20.3. The van der Waals surface area contributed by atoms with Gasteiger partial charge in [0.05, 0.1) is 25.5 Å². The summed E-state index contributed by atoms with van der Waals surface area (Å²) in [5.74, 6) is 2.96. The average molecular weight is 780 g/mol. The number of halogens is 1. The summed E-state index contributed by atoms with van der Waals surface area (Å²) in [6, 6.07) is 15.8. The van der Waals surface area contributed by atoms with E-state index < -0.39 is 11.5 Å². The van der Waals surface area contributed by atoms with Crippen molar-refractivity contribution in [2.45, 2.75) is 95.1 Å². The Morgan fingerprint density at radius 1 is 1.07 bits per heavy atom. The van der Waals surface area contributed by atoms with E-state index in [-0.39, 0.29) is 17.3 Å². The summed E-state index contributed by atoms with van der Waals surface area (Å²) in [6.07, 6.45) is 12.9. The van der Waals surface area contributed by atoms with Gasteiger partial charge in [0.15, 0.2) is 11.5 Å². The van der Waals surface area contributed by atoms with Crippen LogP contribution in [0, 0.1) is 17.8 Å². The molecule has 4 aromatic rings. The first-order chi connectivity index (χ1) is 27.1. The maximum Gasteiger partial charge on any atom is 0.329 e. The van der Waals surface area contributed by atoms with E-state index in [0.29, 0.717) is 49.5 Å². The smallest absolute Gasteiger partial charge is 0.329 e. The SMILES string of the molecule is C[C@@H](COc1ccnc2c1[C@H](C)CCC2)C[C@H]1Cc2cc3c(cc2C12CCC(Nc1cccc(Cl)c1)(C(=O)O)CC2)OCC(CN(C)Cc1ccncn1)CO3. The molecule has 56 heavy (non-hydrogen) atoms. The second-order valence-electron chi connectivity index (χ2n) is 17.0. The molecule has 0 amide bonds. The number of carboxylic acid groups (broad SMARTS) is 1. The number of fused-ring (bicyclic) bond motifs is 4. The third-order valence-corrected chi connectivity index (χ3v) is 13.2. The van der Waals surface area contributed by atoms with Gasteiger partial charge in [0.25, 0.3) is 0 Å². The van der Waals surface area contributed by atoms with Crippen molar-refractivity contribution in [1.29, 1.82) is 0 Å². The van der Waals surface area contributed by atoms with Crippen LogP contribution in [0.4, 0.5) is 5.69 Å². The molecule has 0 saturated heterocycles. The van der Waals surface area contributed by atoms with Crippen molar-refractivity contribution < 1.29 is 24.1 Å². The molecule has 4 atom stereocenters. The summed E-state index contributed by atoms with van der Waals surface area (Å²) in [6.45, 7) is 7.85. The number of aromatic nitrogens is 3. The van der Waals surface area contributed by atoms with Gasteiger partial charge in [0.2, 0.25) is 0 Å². The predicted octanol–water partition coefficient (Wildman–Crippen LogP) is 8.51. The number of ether oxygens (including phenoxy) is 3. The Kier molecular flexibility index (Phi) is 11.1. The molecule has 3 heterocycles. The molecule has 2 aromatic heterocycles. The number of nitrogens with zero attached hydrogens (tertiary/aromatic N) is 4. The normalized spacial score (nSPS) is 25.9. The highest BCUT2D eigenvalue weighted by molar-refractivity contribution is 6.30. The van der Waals surface area contributed by atoms with Crippen molar-refractivity contribution >= 4 is 23.3 Å². The van der Waals surface area contributed by atoms with Crippen LogP contribution in [-0.2, 0) is 29.6 Å². The molecule has 1 unspecified atom stereocenters. The fourth-order valence-corrected chi connectivity index (χ4v) is 10.3. The minimum atomic E-state index is -1.09. The number of carboxylic acids is 1. The number of hydrogen-bond acceptors (Lipinski definition) is 9. The van der Waals surface area contributed by atoms with Crippen LogP contribution in [0.2, 0.25) is 5.02 Å². The van der Waals surface area contributed by atoms with Crippen LogP contribution >= 0.6 is 11.6 Å². The second-order valence-corrected chi connectivity index (χ2v) is 17.5. The van der Waals surface area contributed by atoms with Crippen LogP contribution in [0.5, 0.6) is 17.2 Å². The van der Waals surface area contributed by atoms with E-state index in [9.17, 15) is 9.90 Å². The van der Waals surface area contributed by atoms with Gasteiger partial charge in [-0.25, -0.2) is 14.8 Å². The van der Waals surface area contributed by atoms with E-state index >= 15 is 0 Å². The van der Waals surface area contributed by atoms with Crippen LogP contribution in [0.15, 0.2) is 67.3 Å². The third kappa shape index (κ3) is 7.92. The average Bonchev–Trinajstić information content (AvgIpc) is 3.31. The third-order valence-electron chi connectivity index (χ3n) is 12.9. The zero-order chi connectivity index (χ0) is 38.9. The van der Waals surface area contributed by atoms with E-state index in [2.05, 4.69) is 58.2 Å². The second kappa shape index (κ2) is 16.2. The number of aliphatic carboxylic acids is 1. The quantitative estimate of drug-likeness (QED) is 0.145. The molecule has 2 N–H and O–H groups in total. The maximum atomic E-state index is 13.1.